The first-order chi connectivity index (χ1) is 8.20. The van der Waals surface area contributed by atoms with E-state index in [2.05, 4.69) is 12.0 Å². The van der Waals surface area contributed by atoms with Gasteiger partial charge in [0.05, 0.1) is 11.8 Å². The Morgan fingerprint density at radius 2 is 2.00 bits per heavy atom. The van der Waals surface area contributed by atoms with Crippen LogP contribution in [0.2, 0.25) is 0 Å². The Labute approximate surface area is 100 Å². The molecule has 88 valence electrons. The van der Waals surface area contributed by atoms with Crippen LogP contribution in [-0.4, -0.2) is 15.6 Å². The average molecular weight is 229 g/mol. The van der Waals surface area contributed by atoms with Crippen molar-refractivity contribution in [1.82, 2.24) is 9.78 Å². The number of rotatable bonds is 4. The molecule has 17 heavy (non-hydrogen) atoms. The number of carbonyl (C=O) groups excluding carboxylic acids is 1. The van der Waals surface area contributed by atoms with Crippen molar-refractivity contribution in [3.63, 3.8) is 0 Å². The van der Waals surface area contributed by atoms with Gasteiger partial charge in [-0.1, -0.05) is 6.92 Å². The SMILES string of the molecule is CCCn1cc(C(=O)c2ccc(N)cc2)cn1. The van der Waals surface area contributed by atoms with Crippen molar-refractivity contribution < 1.29 is 4.79 Å². The zero-order valence-electron chi connectivity index (χ0n) is 9.76. The highest BCUT2D eigenvalue weighted by atomic mass is 16.1. The second-order valence-corrected chi connectivity index (χ2v) is 3.94. The second-order valence-electron chi connectivity index (χ2n) is 3.94. The highest BCUT2D eigenvalue weighted by Gasteiger charge is 2.10. The lowest BCUT2D eigenvalue weighted by molar-refractivity contribution is 0.103. The molecule has 2 N–H and O–H groups in total. The van der Waals surface area contributed by atoms with Crippen molar-refractivity contribution in [2.45, 2.75) is 19.9 Å². The number of nitrogens with two attached hydrogens (primary N) is 1. The van der Waals surface area contributed by atoms with E-state index in [9.17, 15) is 4.79 Å². The number of aryl methyl sites for hydroxylation is 1. The van der Waals surface area contributed by atoms with Gasteiger partial charge in [0.1, 0.15) is 0 Å². The molecule has 1 aromatic heterocycles. The minimum atomic E-state index is -0.0210. The van der Waals surface area contributed by atoms with Crippen molar-refractivity contribution in [3.8, 4) is 0 Å². The van der Waals surface area contributed by atoms with E-state index in [0.717, 1.165) is 13.0 Å². The predicted molar refractivity (Wildman–Crippen MR) is 66.8 cm³/mol. The van der Waals surface area contributed by atoms with Gasteiger partial charge in [0.2, 0.25) is 0 Å². The van der Waals surface area contributed by atoms with Gasteiger partial charge in [-0.15, -0.1) is 0 Å². The summed E-state index contributed by atoms with van der Waals surface area (Å²) in [7, 11) is 0. The van der Waals surface area contributed by atoms with Gasteiger partial charge in [-0.05, 0) is 30.7 Å². The lowest BCUT2D eigenvalue weighted by atomic mass is 10.1. The quantitative estimate of drug-likeness (QED) is 0.645. The number of hydrogen-bond donors (Lipinski definition) is 1. The Morgan fingerprint density at radius 1 is 1.29 bits per heavy atom. The predicted octanol–water partition coefficient (Wildman–Crippen LogP) is 2.11. The van der Waals surface area contributed by atoms with E-state index >= 15 is 0 Å². The van der Waals surface area contributed by atoms with E-state index in [1.165, 1.54) is 0 Å². The molecule has 0 spiro atoms. The maximum Gasteiger partial charge on any atom is 0.196 e. The van der Waals surface area contributed by atoms with Crippen LogP contribution in [-0.2, 0) is 6.54 Å². The first kappa shape index (κ1) is 11.4. The normalized spacial score (nSPS) is 10.4. The molecule has 1 aromatic carbocycles. The molecular formula is C13H15N3O. The number of anilines is 1. The topological polar surface area (TPSA) is 60.9 Å². The summed E-state index contributed by atoms with van der Waals surface area (Å²) < 4.78 is 1.78. The maximum atomic E-state index is 12.1. The molecule has 0 saturated heterocycles. The van der Waals surface area contributed by atoms with E-state index in [1.54, 1.807) is 41.3 Å². The second kappa shape index (κ2) is 4.82. The fourth-order valence-corrected chi connectivity index (χ4v) is 1.63. The highest BCUT2D eigenvalue weighted by molar-refractivity contribution is 6.08. The molecular weight excluding hydrogens is 214 g/mol. The number of nitrogen functional groups attached to an aromatic ring is 1. The summed E-state index contributed by atoms with van der Waals surface area (Å²) in [6.07, 6.45) is 4.38. The van der Waals surface area contributed by atoms with Crippen molar-refractivity contribution in [2.24, 2.45) is 0 Å². The average Bonchev–Trinajstić information content (AvgIpc) is 2.78. The summed E-state index contributed by atoms with van der Waals surface area (Å²) in [5.41, 5.74) is 7.49. The van der Waals surface area contributed by atoms with Crippen LogP contribution in [0.25, 0.3) is 0 Å². The molecule has 0 aliphatic carbocycles. The Hall–Kier alpha value is -2.10. The van der Waals surface area contributed by atoms with Crippen molar-refractivity contribution in [2.75, 3.05) is 5.73 Å². The van der Waals surface area contributed by atoms with Gasteiger partial charge in [-0.3, -0.25) is 9.48 Å². The van der Waals surface area contributed by atoms with Crippen LogP contribution in [0.4, 0.5) is 5.69 Å². The van der Waals surface area contributed by atoms with Crippen molar-refractivity contribution in [3.05, 3.63) is 47.8 Å². The zero-order valence-corrected chi connectivity index (χ0v) is 9.76. The maximum absolute atomic E-state index is 12.1. The molecule has 0 saturated carbocycles. The number of ketones is 1. The molecule has 0 aliphatic rings. The van der Waals surface area contributed by atoms with Crippen LogP contribution < -0.4 is 5.73 Å². The summed E-state index contributed by atoms with van der Waals surface area (Å²) >= 11 is 0. The Balaban J connectivity index is 2.21. The van der Waals surface area contributed by atoms with Gasteiger partial charge >= 0.3 is 0 Å². The van der Waals surface area contributed by atoms with Crippen LogP contribution >= 0.6 is 0 Å². The van der Waals surface area contributed by atoms with E-state index in [1.807, 2.05) is 0 Å². The number of nitrogens with zero attached hydrogens (tertiary/aromatic N) is 2. The summed E-state index contributed by atoms with van der Waals surface area (Å²) in [5, 5.41) is 4.14. The van der Waals surface area contributed by atoms with Crippen LogP contribution in [0.15, 0.2) is 36.7 Å². The number of hydrogen-bond acceptors (Lipinski definition) is 3. The minimum Gasteiger partial charge on any atom is -0.399 e. The Bertz CT molecular complexity index is 514. The van der Waals surface area contributed by atoms with Gasteiger partial charge in [0.25, 0.3) is 0 Å². The zero-order chi connectivity index (χ0) is 12.3. The van der Waals surface area contributed by atoms with E-state index < -0.39 is 0 Å². The standard InChI is InChI=1S/C13H15N3O/c1-2-7-16-9-11(8-15-16)13(17)10-3-5-12(14)6-4-10/h3-6,8-9H,2,7,14H2,1H3. The van der Waals surface area contributed by atoms with Gasteiger partial charge in [0.15, 0.2) is 5.78 Å². The lowest BCUT2D eigenvalue weighted by Crippen LogP contribution is -2.01. The van der Waals surface area contributed by atoms with Crippen LogP contribution in [0, 0.1) is 0 Å². The summed E-state index contributed by atoms with van der Waals surface area (Å²) in [6.45, 7) is 2.90. The third kappa shape index (κ3) is 2.53. The first-order valence-corrected chi connectivity index (χ1v) is 5.63. The molecule has 0 unspecified atom stereocenters. The van der Waals surface area contributed by atoms with Crippen molar-refractivity contribution in [1.29, 1.82) is 0 Å². The molecule has 0 atom stereocenters. The monoisotopic (exact) mass is 229 g/mol. The lowest BCUT2D eigenvalue weighted by Gasteiger charge is -1.98. The molecule has 0 aliphatic heterocycles. The molecule has 2 aromatic rings. The minimum absolute atomic E-state index is 0.0210. The molecule has 4 heteroatoms. The molecule has 0 amide bonds. The third-order valence-electron chi connectivity index (χ3n) is 2.52. The molecule has 1 heterocycles. The number of benzene rings is 1. The fourth-order valence-electron chi connectivity index (χ4n) is 1.63. The largest absolute Gasteiger partial charge is 0.399 e. The molecule has 2 rings (SSSR count). The van der Waals surface area contributed by atoms with Crippen LogP contribution in [0.1, 0.15) is 29.3 Å². The van der Waals surface area contributed by atoms with E-state index in [4.69, 9.17) is 5.73 Å². The third-order valence-corrected chi connectivity index (χ3v) is 2.52. The highest BCUT2D eigenvalue weighted by Crippen LogP contribution is 2.11. The van der Waals surface area contributed by atoms with Crippen LogP contribution in [0.3, 0.4) is 0 Å². The smallest absolute Gasteiger partial charge is 0.196 e. The summed E-state index contributed by atoms with van der Waals surface area (Å²) in [5.74, 6) is -0.0210. The molecule has 0 bridgehead atoms. The van der Waals surface area contributed by atoms with Gasteiger partial charge in [-0.25, -0.2) is 0 Å². The first-order valence-electron chi connectivity index (χ1n) is 5.63. The molecule has 0 fully saturated rings. The summed E-state index contributed by atoms with van der Waals surface area (Å²) in [4.78, 5) is 12.1. The van der Waals surface area contributed by atoms with Gasteiger partial charge in [0, 0.05) is 24.0 Å². The Morgan fingerprint density at radius 3 is 2.65 bits per heavy atom. The van der Waals surface area contributed by atoms with E-state index in [0.29, 0.717) is 16.8 Å². The fraction of sp³-hybridized carbons (Fsp3) is 0.231. The van der Waals surface area contributed by atoms with Gasteiger partial charge < -0.3 is 5.73 Å². The van der Waals surface area contributed by atoms with Crippen molar-refractivity contribution >= 4 is 11.5 Å². The van der Waals surface area contributed by atoms with Crippen LogP contribution in [0.5, 0.6) is 0 Å². The molecule has 4 nitrogen and oxygen atoms in total. The number of carbonyl (C=O) groups is 1. The van der Waals surface area contributed by atoms with Gasteiger partial charge in [-0.2, -0.15) is 5.10 Å². The summed E-state index contributed by atoms with van der Waals surface area (Å²) in [6, 6.07) is 6.91. The van der Waals surface area contributed by atoms with E-state index in [-0.39, 0.29) is 5.78 Å². The Kier molecular flexibility index (Phi) is 3.23. The molecule has 0 radical (unpaired) electrons. The number of aromatic nitrogens is 2.